The summed E-state index contributed by atoms with van der Waals surface area (Å²) in [5.41, 5.74) is 5.20. The van der Waals surface area contributed by atoms with Crippen LogP contribution in [0.15, 0.2) is 48.5 Å². The Kier molecular flexibility index (Phi) is 12.9. The van der Waals surface area contributed by atoms with Gasteiger partial charge in [-0.2, -0.15) is 0 Å². The molecule has 0 saturated heterocycles. The Labute approximate surface area is 261 Å². The molecule has 2 aromatic carbocycles. The van der Waals surface area contributed by atoms with Crippen molar-refractivity contribution in [2.75, 3.05) is 44.5 Å². The number of carbonyl (C=O) groups is 2. The van der Waals surface area contributed by atoms with Gasteiger partial charge >= 0.3 is 0 Å². The van der Waals surface area contributed by atoms with Gasteiger partial charge in [0, 0.05) is 37.1 Å². The van der Waals surface area contributed by atoms with Gasteiger partial charge in [-0.05, 0) is 44.2 Å². The number of para-hydroxylation sites is 1. The second-order valence-corrected chi connectivity index (χ2v) is 11.7. The van der Waals surface area contributed by atoms with Crippen molar-refractivity contribution in [3.63, 3.8) is 0 Å². The van der Waals surface area contributed by atoms with E-state index < -0.39 is 0 Å². The molecular weight excluding hydrogens is 558 g/mol. The van der Waals surface area contributed by atoms with E-state index >= 15 is 0 Å². The Morgan fingerprint density at radius 2 is 1.64 bits per heavy atom. The van der Waals surface area contributed by atoms with E-state index in [1.54, 1.807) is 4.90 Å². The zero-order valence-electron chi connectivity index (χ0n) is 26.6. The summed E-state index contributed by atoms with van der Waals surface area (Å²) < 4.78 is 18.8. The van der Waals surface area contributed by atoms with E-state index in [-0.39, 0.29) is 30.8 Å². The standard InChI is InChI=1S/C34H47N5O5/c1-25(2)10-9-19-42-21-18-39-34-29-13-7-8-14-30(29)38(24-27-11-5-6-12-28(27)33(34)36-37-39)32(41)16-15-31(40)35-17-20-43-22-23-44-26(3)4/h5-8,11-14,25-26H,9-10,15-24H2,1-4H3,(H,35,40). The highest BCUT2D eigenvalue weighted by atomic mass is 16.5. The van der Waals surface area contributed by atoms with E-state index in [2.05, 4.69) is 29.5 Å². The molecule has 0 radical (unpaired) electrons. The summed E-state index contributed by atoms with van der Waals surface area (Å²) in [6.45, 7) is 12.3. The summed E-state index contributed by atoms with van der Waals surface area (Å²) in [5.74, 6) is 0.351. The molecule has 0 unspecified atom stereocenters. The fourth-order valence-corrected chi connectivity index (χ4v) is 5.19. The van der Waals surface area contributed by atoms with Crippen LogP contribution in [0.3, 0.4) is 0 Å². The van der Waals surface area contributed by atoms with E-state index in [0.29, 0.717) is 58.6 Å². The van der Waals surface area contributed by atoms with Crippen LogP contribution >= 0.6 is 0 Å². The minimum absolute atomic E-state index is 0.0833. The topological polar surface area (TPSA) is 108 Å². The van der Waals surface area contributed by atoms with Crippen LogP contribution in [-0.2, 0) is 36.9 Å². The van der Waals surface area contributed by atoms with Gasteiger partial charge in [0.15, 0.2) is 0 Å². The van der Waals surface area contributed by atoms with E-state index in [4.69, 9.17) is 14.2 Å². The minimum Gasteiger partial charge on any atom is -0.380 e. The number of hydrogen-bond acceptors (Lipinski definition) is 7. The van der Waals surface area contributed by atoms with Crippen molar-refractivity contribution in [1.29, 1.82) is 0 Å². The van der Waals surface area contributed by atoms with Crippen LogP contribution in [0.5, 0.6) is 0 Å². The lowest BCUT2D eigenvalue weighted by Crippen LogP contribution is -2.34. The van der Waals surface area contributed by atoms with Gasteiger partial charge in [0.05, 0.1) is 57.0 Å². The lowest BCUT2D eigenvalue weighted by atomic mass is 9.95. The van der Waals surface area contributed by atoms with Gasteiger partial charge in [-0.3, -0.25) is 9.59 Å². The zero-order valence-corrected chi connectivity index (χ0v) is 26.6. The largest absolute Gasteiger partial charge is 0.380 e. The summed E-state index contributed by atoms with van der Waals surface area (Å²) in [7, 11) is 0. The van der Waals surface area contributed by atoms with Gasteiger partial charge in [-0.15, -0.1) is 5.10 Å². The lowest BCUT2D eigenvalue weighted by Gasteiger charge is -2.28. The molecule has 1 N–H and O–H groups in total. The molecule has 1 aromatic heterocycles. The molecular formula is C34H47N5O5. The number of fused-ring (bicyclic) bond motifs is 5. The van der Waals surface area contributed by atoms with Gasteiger partial charge in [0.25, 0.3) is 0 Å². The Morgan fingerprint density at radius 1 is 0.886 bits per heavy atom. The third-order valence-electron chi connectivity index (χ3n) is 7.42. The second kappa shape index (κ2) is 17.0. The van der Waals surface area contributed by atoms with Crippen LogP contribution in [0.1, 0.15) is 58.9 Å². The van der Waals surface area contributed by atoms with E-state index in [1.165, 1.54) is 0 Å². The first-order valence-corrected chi connectivity index (χ1v) is 15.8. The molecule has 0 fully saturated rings. The summed E-state index contributed by atoms with van der Waals surface area (Å²) >= 11 is 0. The third-order valence-corrected chi connectivity index (χ3v) is 7.42. The maximum atomic E-state index is 13.7. The molecule has 0 bridgehead atoms. The molecule has 10 heteroatoms. The fourth-order valence-electron chi connectivity index (χ4n) is 5.19. The second-order valence-electron chi connectivity index (χ2n) is 11.7. The zero-order chi connectivity index (χ0) is 31.3. The highest BCUT2D eigenvalue weighted by molar-refractivity contribution is 6.01. The van der Waals surface area contributed by atoms with Crippen LogP contribution in [0.25, 0.3) is 22.5 Å². The number of nitrogens with one attached hydrogen (secondary N) is 1. The molecule has 2 amide bonds. The van der Waals surface area contributed by atoms with Crippen LogP contribution in [-0.4, -0.2) is 72.5 Å². The van der Waals surface area contributed by atoms with Crippen LogP contribution in [0, 0.1) is 5.92 Å². The maximum Gasteiger partial charge on any atom is 0.227 e. The predicted octanol–water partition coefficient (Wildman–Crippen LogP) is 5.25. The predicted molar refractivity (Wildman–Crippen MR) is 171 cm³/mol. The van der Waals surface area contributed by atoms with Gasteiger partial charge in [-0.1, -0.05) is 61.5 Å². The molecule has 0 saturated carbocycles. The van der Waals surface area contributed by atoms with E-state index in [0.717, 1.165) is 46.6 Å². The van der Waals surface area contributed by atoms with Crippen molar-refractivity contribution in [3.8, 4) is 22.5 Å². The molecule has 0 spiro atoms. The molecule has 3 aromatic rings. The molecule has 0 aliphatic carbocycles. The molecule has 1 aliphatic heterocycles. The number of aromatic nitrogens is 3. The summed E-state index contributed by atoms with van der Waals surface area (Å²) in [6.07, 6.45) is 2.50. The Balaban J connectivity index is 1.45. The number of carbonyl (C=O) groups excluding carboxylic acids is 2. The van der Waals surface area contributed by atoms with E-state index in [9.17, 15) is 9.59 Å². The first kappa shape index (κ1) is 33.3. The molecule has 1 aliphatic rings. The monoisotopic (exact) mass is 605 g/mol. The summed E-state index contributed by atoms with van der Waals surface area (Å²) in [5, 5.41) is 12.0. The van der Waals surface area contributed by atoms with Crippen LogP contribution in [0.4, 0.5) is 5.69 Å². The number of anilines is 1. The quantitative estimate of drug-likeness (QED) is 0.210. The first-order chi connectivity index (χ1) is 21.3. The third kappa shape index (κ3) is 9.45. The Hall–Kier alpha value is -3.60. The van der Waals surface area contributed by atoms with Gasteiger partial charge < -0.3 is 24.4 Å². The Morgan fingerprint density at radius 3 is 2.43 bits per heavy atom. The number of nitrogens with zero attached hydrogens (tertiary/aromatic N) is 4. The van der Waals surface area contributed by atoms with Crippen molar-refractivity contribution < 1.29 is 23.8 Å². The van der Waals surface area contributed by atoms with Gasteiger partial charge in [0.2, 0.25) is 11.8 Å². The average molecular weight is 606 g/mol. The van der Waals surface area contributed by atoms with Crippen LogP contribution in [0.2, 0.25) is 0 Å². The van der Waals surface area contributed by atoms with E-state index in [1.807, 2.05) is 67.1 Å². The first-order valence-electron chi connectivity index (χ1n) is 15.8. The maximum absolute atomic E-state index is 13.7. The van der Waals surface area contributed by atoms with Gasteiger partial charge in [-0.25, -0.2) is 4.68 Å². The number of benzene rings is 2. The van der Waals surface area contributed by atoms with Crippen molar-refractivity contribution in [3.05, 3.63) is 54.1 Å². The summed E-state index contributed by atoms with van der Waals surface area (Å²) in [4.78, 5) is 28.1. The smallest absolute Gasteiger partial charge is 0.227 e. The normalized spacial score (nSPS) is 12.5. The van der Waals surface area contributed by atoms with Crippen molar-refractivity contribution in [2.24, 2.45) is 5.92 Å². The van der Waals surface area contributed by atoms with Crippen molar-refractivity contribution in [1.82, 2.24) is 20.3 Å². The number of hydrogen-bond donors (Lipinski definition) is 1. The van der Waals surface area contributed by atoms with Crippen molar-refractivity contribution in [2.45, 2.75) is 72.6 Å². The fraction of sp³-hybridized carbons (Fsp3) is 0.529. The number of rotatable bonds is 17. The molecule has 44 heavy (non-hydrogen) atoms. The summed E-state index contributed by atoms with van der Waals surface area (Å²) in [6, 6.07) is 15.8. The highest BCUT2D eigenvalue weighted by Gasteiger charge is 2.29. The molecule has 238 valence electrons. The van der Waals surface area contributed by atoms with Gasteiger partial charge in [0.1, 0.15) is 5.69 Å². The average Bonchev–Trinajstić information content (AvgIpc) is 3.42. The highest BCUT2D eigenvalue weighted by Crippen LogP contribution is 2.41. The van der Waals surface area contributed by atoms with Crippen molar-refractivity contribution >= 4 is 17.5 Å². The molecule has 4 rings (SSSR count). The van der Waals surface area contributed by atoms with Crippen LogP contribution < -0.4 is 10.2 Å². The molecule has 10 nitrogen and oxygen atoms in total. The minimum atomic E-state index is -0.181. The molecule has 2 heterocycles. The number of ether oxygens (including phenoxy) is 3. The Bertz CT molecular complexity index is 1360. The SMILES string of the molecule is CC(C)CCCOCCn1nnc2c1-c1ccccc1N(C(=O)CCC(=O)NCCOCCOC(C)C)Cc1ccccc1-2. The number of amides is 2. The molecule has 0 atom stereocenters. The lowest BCUT2D eigenvalue weighted by molar-refractivity contribution is -0.125.